The summed E-state index contributed by atoms with van der Waals surface area (Å²) >= 11 is 3.50. The molecule has 0 bridgehead atoms. The lowest BCUT2D eigenvalue weighted by Crippen LogP contribution is -2.06. The predicted molar refractivity (Wildman–Crippen MR) is 111 cm³/mol. The van der Waals surface area contributed by atoms with Gasteiger partial charge < -0.3 is 0 Å². The molecule has 2 aromatic carbocycles. The van der Waals surface area contributed by atoms with Crippen molar-refractivity contribution in [3.63, 3.8) is 0 Å². The Hall–Kier alpha value is -2.17. The first-order valence-corrected chi connectivity index (χ1v) is 9.76. The van der Waals surface area contributed by atoms with Gasteiger partial charge in [0.25, 0.3) is 0 Å². The summed E-state index contributed by atoms with van der Waals surface area (Å²) < 4.78 is 0. The number of aromatic nitrogens is 1. The van der Waals surface area contributed by atoms with Crippen LogP contribution in [0.5, 0.6) is 0 Å². The van der Waals surface area contributed by atoms with Gasteiger partial charge in [0, 0.05) is 31.4 Å². The third-order valence-corrected chi connectivity index (χ3v) is 6.65. The second-order valence-electron chi connectivity index (χ2n) is 5.95. The fourth-order valence-electron chi connectivity index (χ4n) is 3.07. The molecule has 0 saturated heterocycles. The Balaban J connectivity index is 1.84. The molecule has 0 saturated carbocycles. The van der Waals surface area contributed by atoms with Crippen LogP contribution in [0, 0.1) is 13.8 Å². The molecule has 2 aromatic heterocycles. The van der Waals surface area contributed by atoms with Crippen LogP contribution in [-0.4, -0.2) is 12.8 Å². The zero-order chi connectivity index (χ0) is 17.4. The minimum absolute atomic E-state index is 0.618. The number of aryl methyl sites for hydroxylation is 1. The third kappa shape index (κ3) is 2.96. The minimum atomic E-state index is 0.618. The molecule has 0 atom stereocenters. The lowest BCUT2D eigenvalue weighted by atomic mass is 9.96. The van der Waals surface area contributed by atoms with Crippen molar-refractivity contribution in [1.82, 2.24) is 4.98 Å². The van der Waals surface area contributed by atoms with Crippen LogP contribution in [0.4, 0.5) is 0 Å². The Labute approximate surface area is 157 Å². The molecule has 4 rings (SSSR count). The predicted octanol–water partition coefficient (Wildman–Crippen LogP) is 5.62. The van der Waals surface area contributed by atoms with Crippen molar-refractivity contribution in [3.8, 4) is 31.5 Å². The number of benzene rings is 2. The largest absolute Gasteiger partial charge is 0.252 e. The first kappa shape index (κ1) is 16.3. The molecule has 0 amide bonds. The van der Waals surface area contributed by atoms with Gasteiger partial charge in [-0.25, -0.2) is 0 Å². The summed E-state index contributed by atoms with van der Waals surface area (Å²) in [5.41, 5.74) is 5.50. The highest BCUT2D eigenvalue weighted by atomic mass is 32.1. The molecule has 1 nitrogen and oxygen atoms in total. The molecule has 0 spiro atoms. The summed E-state index contributed by atoms with van der Waals surface area (Å²) in [6.45, 7) is 4.35. The number of hydrogen-bond acceptors (Lipinski definition) is 3. The van der Waals surface area contributed by atoms with Crippen LogP contribution in [0.1, 0.15) is 10.4 Å². The van der Waals surface area contributed by atoms with E-state index in [4.69, 9.17) is 7.85 Å². The molecule has 0 N–H and O–H groups in total. The molecule has 25 heavy (non-hydrogen) atoms. The van der Waals surface area contributed by atoms with Gasteiger partial charge in [-0.2, -0.15) is 0 Å². The van der Waals surface area contributed by atoms with E-state index in [2.05, 4.69) is 55.2 Å². The van der Waals surface area contributed by atoms with Crippen molar-refractivity contribution in [1.29, 1.82) is 0 Å². The smallest absolute Gasteiger partial charge is 0.143 e. The maximum atomic E-state index is 6.30. The zero-order valence-corrected chi connectivity index (χ0v) is 15.7. The average Bonchev–Trinajstić information content (AvgIpc) is 3.16. The van der Waals surface area contributed by atoms with E-state index in [1.807, 2.05) is 35.6 Å². The fourth-order valence-corrected chi connectivity index (χ4v) is 5.46. The number of thiophene rings is 1. The van der Waals surface area contributed by atoms with Gasteiger partial charge in [0.15, 0.2) is 0 Å². The monoisotopic (exact) mass is 357 g/mol. The summed E-state index contributed by atoms with van der Waals surface area (Å²) in [5.74, 6) is 0. The molecule has 0 unspecified atom stereocenters. The Morgan fingerprint density at radius 3 is 2.00 bits per heavy atom. The van der Waals surface area contributed by atoms with Crippen molar-refractivity contribution in [2.45, 2.75) is 13.8 Å². The van der Waals surface area contributed by atoms with Gasteiger partial charge >= 0.3 is 0 Å². The Kier molecular flexibility index (Phi) is 4.32. The van der Waals surface area contributed by atoms with Crippen LogP contribution in [0.3, 0.4) is 0 Å². The second kappa shape index (κ2) is 6.62. The quantitative estimate of drug-likeness (QED) is 0.434. The molecular weight excluding hydrogens is 341 g/mol. The molecule has 0 aliphatic heterocycles. The topological polar surface area (TPSA) is 12.9 Å². The maximum absolute atomic E-state index is 6.30. The minimum Gasteiger partial charge on any atom is -0.252 e. The Morgan fingerprint density at radius 1 is 0.760 bits per heavy atom. The van der Waals surface area contributed by atoms with Crippen LogP contribution in [0.25, 0.3) is 31.5 Å². The van der Waals surface area contributed by atoms with E-state index in [1.54, 1.807) is 11.3 Å². The first-order valence-electron chi connectivity index (χ1n) is 8.12. The van der Waals surface area contributed by atoms with E-state index in [9.17, 15) is 0 Å². The standard InChI is InChI=1S/C21H16BNS2/c1-13-17(14(2)24-18(13)15-9-5-3-6-10-15)19-20(22)23-21(25-19)16-11-7-4-8-12-16/h3-12H,1-2H3. The van der Waals surface area contributed by atoms with Crippen molar-refractivity contribution in [3.05, 3.63) is 71.1 Å². The van der Waals surface area contributed by atoms with Crippen LogP contribution < -0.4 is 5.59 Å². The van der Waals surface area contributed by atoms with Gasteiger partial charge in [-0.3, -0.25) is 4.98 Å². The average molecular weight is 357 g/mol. The van der Waals surface area contributed by atoms with Gasteiger partial charge in [-0.05, 0) is 25.0 Å². The summed E-state index contributed by atoms with van der Waals surface area (Å²) in [6, 6.07) is 20.8. The third-order valence-electron chi connectivity index (χ3n) is 4.26. The van der Waals surface area contributed by atoms with Gasteiger partial charge in [0.1, 0.15) is 12.9 Å². The highest BCUT2D eigenvalue weighted by Gasteiger charge is 2.19. The van der Waals surface area contributed by atoms with E-state index >= 15 is 0 Å². The van der Waals surface area contributed by atoms with E-state index in [1.165, 1.54) is 26.4 Å². The van der Waals surface area contributed by atoms with E-state index in [0.29, 0.717) is 5.59 Å². The number of hydrogen-bond donors (Lipinski definition) is 0. The van der Waals surface area contributed by atoms with Gasteiger partial charge in [0.2, 0.25) is 0 Å². The normalized spacial score (nSPS) is 11.0. The molecule has 2 radical (unpaired) electrons. The number of nitrogens with zero attached hydrogens (tertiary/aromatic N) is 1. The molecule has 4 aromatic rings. The zero-order valence-electron chi connectivity index (χ0n) is 14.1. The summed E-state index contributed by atoms with van der Waals surface area (Å²) in [5, 5.41) is 0.972. The molecule has 0 aliphatic carbocycles. The molecule has 2 heterocycles. The van der Waals surface area contributed by atoms with Crippen LogP contribution >= 0.6 is 22.7 Å². The Morgan fingerprint density at radius 2 is 1.36 bits per heavy atom. The van der Waals surface area contributed by atoms with Gasteiger partial charge in [-0.15, -0.1) is 22.7 Å². The van der Waals surface area contributed by atoms with Crippen molar-refractivity contribution >= 4 is 36.1 Å². The lowest BCUT2D eigenvalue weighted by molar-refractivity contribution is 1.45. The SMILES string of the molecule is [B]c1nc(-c2ccccc2)sc1-c1c(C)sc(-c2ccccc2)c1C. The number of rotatable bonds is 3. The van der Waals surface area contributed by atoms with E-state index in [0.717, 1.165) is 15.4 Å². The second-order valence-corrected chi connectivity index (χ2v) is 8.18. The van der Waals surface area contributed by atoms with Crippen LogP contribution in [-0.2, 0) is 0 Å². The van der Waals surface area contributed by atoms with Crippen molar-refractivity contribution in [2.75, 3.05) is 0 Å². The van der Waals surface area contributed by atoms with Crippen molar-refractivity contribution in [2.24, 2.45) is 0 Å². The summed E-state index contributed by atoms with van der Waals surface area (Å²) in [4.78, 5) is 8.29. The molecule has 120 valence electrons. The van der Waals surface area contributed by atoms with Crippen LogP contribution in [0.2, 0.25) is 0 Å². The summed E-state index contributed by atoms with van der Waals surface area (Å²) in [6.07, 6.45) is 0. The van der Waals surface area contributed by atoms with Gasteiger partial charge in [-0.1, -0.05) is 60.7 Å². The lowest BCUT2D eigenvalue weighted by Gasteiger charge is -2.03. The van der Waals surface area contributed by atoms with Crippen molar-refractivity contribution < 1.29 is 0 Å². The molecule has 4 heteroatoms. The molecule has 0 aliphatic rings. The highest BCUT2D eigenvalue weighted by Crippen LogP contribution is 2.43. The van der Waals surface area contributed by atoms with E-state index < -0.39 is 0 Å². The van der Waals surface area contributed by atoms with Crippen LogP contribution in [0.15, 0.2) is 60.7 Å². The Bertz CT molecular complexity index is 1020. The molecule has 0 fully saturated rings. The summed E-state index contributed by atoms with van der Waals surface area (Å²) in [7, 11) is 6.30. The number of thiazole rings is 1. The highest BCUT2D eigenvalue weighted by molar-refractivity contribution is 7.20. The maximum Gasteiger partial charge on any atom is 0.143 e. The molecular formula is C21H16BNS2. The fraction of sp³-hybridized carbons (Fsp3) is 0.0952. The first-order chi connectivity index (χ1) is 12.1. The van der Waals surface area contributed by atoms with E-state index in [-0.39, 0.29) is 0 Å². The van der Waals surface area contributed by atoms with Gasteiger partial charge in [0.05, 0.1) is 0 Å².